The molecule has 0 aliphatic rings. The van der Waals surface area contributed by atoms with Crippen molar-refractivity contribution in [2.75, 3.05) is 0 Å². The fourth-order valence-electron chi connectivity index (χ4n) is 1.96. The van der Waals surface area contributed by atoms with E-state index in [1.54, 1.807) is 12.1 Å². The molecule has 0 saturated heterocycles. The molecule has 0 aliphatic heterocycles. The second kappa shape index (κ2) is 3.90. The van der Waals surface area contributed by atoms with Gasteiger partial charge >= 0.3 is 0 Å². The highest BCUT2D eigenvalue weighted by Gasteiger charge is 2.05. The highest BCUT2D eigenvalue weighted by molar-refractivity contribution is 6.35. The molecule has 0 unspecified atom stereocenters. The minimum Gasteiger partial charge on any atom is -0.317 e. The zero-order chi connectivity index (χ0) is 11.8. The van der Waals surface area contributed by atoms with E-state index in [2.05, 4.69) is 0 Å². The Morgan fingerprint density at radius 2 is 1.71 bits per heavy atom. The summed E-state index contributed by atoms with van der Waals surface area (Å²) in [5.41, 5.74) is 1.94. The Labute approximate surface area is 103 Å². The molecule has 0 fully saturated rings. The molecule has 0 N–H and O–H groups in total. The number of hydrogen-bond donors (Lipinski definition) is 0. The molecule has 17 heavy (non-hydrogen) atoms. The molecule has 0 atom stereocenters. The van der Waals surface area contributed by atoms with E-state index in [1.165, 1.54) is 12.1 Å². The van der Waals surface area contributed by atoms with Gasteiger partial charge in [-0.3, -0.25) is 0 Å². The highest BCUT2D eigenvalue weighted by atomic mass is 35.5. The third-order valence-corrected chi connectivity index (χ3v) is 3.11. The molecule has 2 aromatic carbocycles. The maximum Gasteiger partial charge on any atom is 0.123 e. The Bertz CT molecular complexity index is 670. The van der Waals surface area contributed by atoms with Gasteiger partial charge in [-0.15, -0.1) is 0 Å². The van der Waals surface area contributed by atoms with E-state index < -0.39 is 0 Å². The summed E-state index contributed by atoms with van der Waals surface area (Å²) >= 11 is 6.11. The van der Waals surface area contributed by atoms with E-state index in [9.17, 15) is 4.39 Å². The first-order valence-corrected chi connectivity index (χ1v) is 5.65. The van der Waals surface area contributed by atoms with E-state index >= 15 is 0 Å². The summed E-state index contributed by atoms with van der Waals surface area (Å²) < 4.78 is 14.9. The van der Waals surface area contributed by atoms with Crippen LogP contribution in [0.2, 0.25) is 5.02 Å². The van der Waals surface area contributed by atoms with Crippen molar-refractivity contribution < 1.29 is 4.39 Å². The number of rotatable bonds is 1. The van der Waals surface area contributed by atoms with Crippen LogP contribution < -0.4 is 0 Å². The third-order valence-electron chi connectivity index (χ3n) is 2.78. The number of benzene rings is 2. The Morgan fingerprint density at radius 3 is 2.47 bits per heavy atom. The molecule has 1 heterocycles. The molecule has 3 heteroatoms. The van der Waals surface area contributed by atoms with E-state index in [1.807, 2.05) is 35.0 Å². The van der Waals surface area contributed by atoms with Crippen LogP contribution in [0.4, 0.5) is 4.39 Å². The van der Waals surface area contributed by atoms with Crippen LogP contribution in [0.5, 0.6) is 0 Å². The molecule has 1 aromatic heterocycles. The van der Waals surface area contributed by atoms with Crippen molar-refractivity contribution in [2.24, 2.45) is 0 Å². The van der Waals surface area contributed by atoms with Crippen LogP contribution in [0, 0.1) is 5.82 Å². The number of aromatic nitrogens is 1. The summed E-state index contributed by atoms with van der Waals surface area (Å²) in [5, 5.41) is 1.72. The lowest BCUT2D eigenvalue weighted by molar-refractivity contribution is 0.627. The van der Waals surface area contributed by atoms with Gasteiger partial charge in [0.2, 0.25) is 0 Å². The Kier molecular flexibility index (Phi) is 2.37. The molecule has 1 nitrogen and oxygen atoms in total. The summed E-state index contributed by atoms with van der Waals surface area (Å²) in [6.45, 7) is 0. The molecule has 0 amide bonds. The Morgan fingerprint density at radius 1 is 0.941 bits per heavy atom. The number of nitrogens with zero attached hydrogens (tertiary/aromatic N) is 1. The SMILES string of the molecule is Fc1ccc(-n2ccc3c(Cl)cccc32)cc1. The van der Waals surface area contributed by atoms with Crippen LogP contribution in [0.1, 0.15) is 0 Å². The fourth-order valence-corrected chi connectivity index (χ4v) is 2.19. The van der Waals surface area contributed by atoms with Gasteiger partial charge in [0.25, 0.3) is 0 Å². The van der Waals surface area contributed by atoms with Gasteiger partial charge in [0, 0.05) is 22.3 Å². The molecule has 0 bridgehead atoms. The Hall–Kier alpha value is -1.80. The normalized spacial score (nSPS) is 10.9. The van der Waals surface area contributed by atoms with Crippen molar-refractivity contribution in [3.63, 3.8) is 0 Å². The van der Waals surface area contributed by atoms with Gasteiger partial charge in [-0.25, -0.2) is 4.39 Å². The summed E-state index contributed by atoms with van der Waals surface area (Å²) in [5.74, 6) is -0.233. The zero-order valence-corrected chi connectivity index (χ0v) is 9.66. The largest absolute Gasteiger partial charge is 0.317 e. The van der Waals surface area contributed by atoms with E-state index in [0.29, 0.717) is 0 Å². The zero-order valence-electron chi connectivity index (χ0n) is 8.90. The number of fused-ring (bicyclic) bond motifs is 1. The smallest absolute Gasteiger partial charge is 0.123 e. The predicted octanol–water partition coefficient (Wildman–Crippen LogP) is 4.42. The molecule has 3 rings (SSSR count). The van der Waals surface area contributed by atoms with E-state index in [-0.39, 0.29) is 5.82 Å². The lowest BCUT2D eigenvalue weighted by Crippen LogP contribution is -1.91. The monoisotopic (exact) mass is 245 g/mol. The lowest BCUT2D eigenvalue weighted by atomic mass is 10.2. The molecule has 0 saturated carbocycles. The minimum atomic E-state index is -0.233. The van der Waals surface area contributed by atoms with Gasteiger partial charge in [-0.1, -0.05) is 17.7 Å². The van der Waals surface area contributed by atoms with Gasteiger partial charge in [0.05, 0.1) is 5.52 Å². The molecule has 0 aliphatic carbocycles. The van der Waals surface area contributed by atoms with Crippen LogP contribution in [0.25, 0.3) is 16.6 Å². The van der Waals surface area contributed by atoms with Gasteiger partial charge in [-0.2, -0.15) is 0 Å². The van der Waals surface area contributed by atoms with Gasteiger partial charge in [0.1, 0.15) is 5.82 Å². The summed E-state index contributed by atoms with van der Waals surface area (Å²) in [4.78, 5) is 0. The van der Waals surface area contributed by atoms with Gasteiger partial charge in [-0.05, 0) is 42.5 Å². The average molecular weight is 246 g/mol. The summed E-state index contributed by atoms with van der Waals surface area (Å²) in [6.07, 6.45) is 1.93. The topological polar surface area (TPSA) is 4.93 Å². The van der Waals surface area contributed by atoms with E-state index in [4.69, 9.17) is 11.6 Å². The van der Waals surface area contributed by atoms with E-state index in [0.717, 1.165) is 21.6 Å². The van der Waals surface area contributed by atoms with Crippen LogP contribution >= 0.6 is 11.6 Å². The maximum absolute atomic E-state index is 12.9. The van der Waals surface area contributed by atoms with Crippen molar-refractivity contribution in [1.29, 1.82) is 0 Å². The second-order valence-electron chi connectivity index (χ2n) is 3.83. The van der Waals surface area contributed by atoms with Crippen molar-refractivity contribution in [3.05, 3.63) is 65.6 Å². The standard InChI is InChI=1S/C14H9ClFN/c15-13-2-1-3-14-12(13)8-9-17(14)11-6-4-10(16)5-7-11/h1-9H. The summed E-state index contributed by atoms with van der Waals surface area (Å²) in [7, 11) is 0. The predicted molar refractivity (Wildman–Crippen MR) is 68.2 cm³/mol. The Balaban J connectivity index is 2.24. The van der Waals surface area contributed by atoms with Crippen molar-refractivity contribution in [3.8, 4) is 5.69 Å². The van der Waals surface area contributed by atoms with Crippen LogP contribution in [0.15, 0.2) is 54.7 Å². The second-order valence-corrected chi connectivity index (χ2v) is 4.24. The first kappa shape index (κ1) is 10.4. The summed E-state index contributed by atoms with van der Waals surface area (Å²) in [6, 6.07) is 14.1. The molecule has 3 aromatic rings. The van der Waals surface area contributed by atoms with Gasteiger partial charge in [0.15, 0.2) is 0 Å². The minimum absolute atomic E-state index is 0.233. The quantitative estimate of drug-likeness (QED) is 0.598. The first-order valence-electron chi connectivity index (χ1n) is 5.27. The third kappa shape index (κ3) is 1.71. The van der Waals surface area contributed by atoms with Crippen molar-refractivity contribution in [2.45, 2.75) is 0 Å². The lowest BCUT2D eigenvalue weighted by Gasteiger charge is -2.05. The van der Waals surface area contributed by atoms with Gasteiger partial charge < -0.3 is 4.57 Å². The van der Waals surface area contributed by atoms with Crippen molar-refractivity contribution in [1.82, 2.24) is 4.57 Å². The molecular weight excluding hydrogens is 237 g/mol. The molecule has 0 radical (unpaired) electrons. The van der Waals surface area contributed by atoms with Crippen LogP contribution in [-0.2, 0) is 0 Å². The first-order chi connectivity index (χ1) is 8.25. The number of halogens is 2. The van der Waals surface area contributed by atoms with Crippen LogP contribution in [0.3, 0.4) is 0 Å². The highest BCUT2D eigenvalue weighted by Crippen LogP contribution is 2.26. The molecular formula is C14H9ClFN. The average Bonchev–Trinajstić information content (AvgIpc) is 2.75. The molecule has 84 valence electrons. The maximum atomic E-state index is 12.9. The number of hydrogen-bond acceptors (Lipinski definition) is 0. The molecule has 0 spiro atoms. The van der Waals surface area contributed by atoms with Crippen molar-refractivity contribution >= 4 is 22.5 Å². The fraction of sp³-hybridized carbons (Fsp3) is 0. The van der Waals surface area contributed by atoms with Crippen LogP contribution in [-0.4, -0.2) is 4.57 Å².